The Balaban J connectivity index is 3.40. The number of carboxylic acid groups (broad SMARTS) is 1. The van der Waals surface area contributed by atoms with Gasteiger partial charge < -0.3 is 10.0 Å². The van der Waals surface area contributed by atoms with Crippen LogP contribution in [0.5, 0.6) is 0 Å². The summed E-state index contributed by atoms with van der Waals surface area (Å²) >= 11 is 0. The Morgan fingerprint density at radius 3 is 2.18 bits per heavy atom. The fourth-order valence-electron chi connectivity index (χ4n) is 1.83. The van der Waals surface area contributed by atoms with E-state index in [1.807, 2.05) is 24.8 Å². The molecule has 0 saturated carbocycles. The van der Waals surface area contributed by atoms with E-state index in [1.165, 1.54) is 0 Å². The van der Waals surface area contributed by atoms with E-state index < -0.39 is 5.97 Å². The summed E-state index contributed by atoms with van der Waals surface area (Å²) < 4.78 is 0. The number of rotatable bonds is 4. The average Bonchev–Trinajstić information content (AvgIpc) is 2.19. The Hall–Kier alpha value is -2.03. The molecule has 3 heteroatoms. The van der Waals surface area contributed by atoms with Crippen molar-refractivity contribution >= 4 is 11.7 Å². The predicted molar refractivity (Wildman–Crippen MR) is 70.2 cm³/mol. The highest BCUT2D eigenvalue weighted by atomic mass is 16.4. The summed E-state index contributed by atoms with van der Waals surface area (Å²) in [6.45, 7) is 13.3. The Bertz CT molecular complexity index is 475. The minimum atomic E-state index is -0.923. The Morgan fingerprint density at radius 1 is 1.24 bits per heavy atom. The van der Waals surface area contributed by atoms with E-state index >= 15 is 0 Å². The first-order chi connectivity index (χ1) is 7.86. The second-order valence-corrected chi connectivity index (χ2v) is 4.06. The molecule has 1 aromatic rings. The van der Waals surface area contributed by atoms with Crippen LogP contribution in [0.4, 0.5) is 5.69 Å². The van der Waals surface area contributed by atoms with Gasteiger partial charge in [-0.2, -0.15) is 0 Å². The average molecular weight is 231 g/mol. The first kappa shape index (κ1) is 13.0. The van der Waals surface area contributed by atoms with E-state index in [1.54, 1.807) is 19.1 Å². The van der Waals surface area contributed by atoms with Gasteiger partial charge in [0.2, 0.25) is 0 Å². The van der Waals surface area contributed by atoms with Crippen LogP contribution in [-0.2, 0) is 0 Å². The highest BCUT2D eigenvalue weighted by molar-refractivity contribution is 5.91. The van der Waals surface area contributed by atoms with Crippen LogP contribution in [0.3, 0.4) is 0 Å². The number of aromatic carboxylic acids is 1. The summed E-state index contributed by atoms with van der Waals surface area (Å²) in [6.07, 6.45) is 0. The highest BCUT2D eigenvalue weighted by Crippen LogP contribution is 2.28. The van der Waals surface area contributed by atoms with Crippen molar-refractivity contribution in [1.82, 2.24) is 0 Å². The molecule has 0 unspecified atom stereocenters. The molecule has 0 aromatic heterocycles. The molecule has 0 bridgehead atoms. The molecule has 0 aliphatic carbocycles. The van der Waals surface area contributed by atoms with Crippen molar-refractivity contribution in [3.63, 3.8) is 0 Å². The molecular formula is C14H17NO2. The predicted octanol–water partition coefficient (Wildman–Crippen LogP) is 3.57. The lowest BCUT2D eigenvalue weighted by Gasteiger charge is -2.27. The molecule has 0 saturated heterocycles. The molecule has 0 radical (unpaired) electrons. The van der Waals surface area contributed by atoms with E-state index in [2.05, 4.69) is 13.2 Å². The van der Waals surface area contributed by atoms with Crippen LogP contribution < -0.4 is 4.90 Å². The normalized spacial score (nSPS) is 9.82. The number of benzene rings is 1. The maximum absolute atomic E-state index is 11.1. The third-order valence-electron chi connectivity index (χ3n) is 2.54. The van der Waals surface area contributed by atoms with Crippen LogP contribution in [0.1, 0.15) is 29.8 Å². The van der Waals surface area contributed by atoms with Crippen molar-refractivity contribution in [3.05, 3.63) is 53.9 Å². The molecule has 0 spiro atoms. The fraction of sp³-hybridized carbons (Fsp3) is 0.214. The van der Waals surface area contributed by atoms with Crippen molar-refractivity contribution in [3.8, 4) is 0 Å². The minimum Gasteiger partial charge on any atom is -0.478 e. The zero-order chi connectivity index (χ0) is 13.2. The molecule has 90 valence electrons. The topological polar surface area (TPSA) is 40.5 Å². The third kappa shape index (κ3) is 2.56. The lowest BCUT2D eigenvalue weighted by Crippen LogP contribution is -2.19. The molecule has 3 nitrogen and oxygen atoms in total. The molecular weight excluding hydrogens is 214 g/mol. The summed E-state index contributed by atoms with van der Waals surface area (Å²) in [5.74, 6) is -0.923. The molecule has 0 aliphatic rings. The lowest BCUT2D eigenvalue weighted by molar-refractivity contribution is 0.0696. The van der Waals surface area contributed by atoms with Crippen LogP contribution in [0.15, 0.2) is 42.8 Å². The third-order valence-corrected chi connectivity index (χ3v) is 2.54. The second-order valence-electron chi connectivity index (χ2n) is 4.06. The summed E-state index contributed by atoms with van der Waals surface area (Å²) in [5.41, 5.74) is 3.44. The standard InChI is InChI=1S/C14H17NO2/c1-9(2)15(10(3)4)13-8-6-7-12(11(13)5)14(16)17/h6-8H,1,3H2,2,4-5H3,(H,16,17). The first-order valence-electron chi connectivity index (χ1n) is 5.30. The number of nitrogens with zero attached hydrogens (tertiary/aromatic N) is 1. The van der Waals surface area contributed by atoms with E-state index in [9.17, 15) is 4.79 Å². The van der Waals surface area contributed by atoms with E-state index in [4.69, 9.17) is 5.11 Å². The van der Waals surface area contributed by atoms with Crippen molar-refractivity contribution in [2.45, 2.75) is 20.8 Å². The molecule has 1 N–H and O–H groups in total. The molecule has 0 aliphatic heterocycles. The number of carboxylic acids is 1. The maximum atomic E-state index is 11.1. The maximum Gasteiger partial charge on any atom is 0.336 e. The smallest absolute Gasteiger partial charge is 0.336 e. The summed E-state index contributed by atoms with van der Waals surface area (Å²) in [4.78, 5) is 12.9. The lowest BCUT2D eigenvalue weighted by atomic mass is 10.1. The van der Waals surface area contributed by atoms with Crippen LogP contribution >= 0.6 is 0 Å². The van der Waals surface area contributed by atoms with E-state index in [-0.39, 0.29) is 0 Å². The van der Waals surface area contributed by atoms with Crippen LogP contribution in [0.2, 0.25) is 0 Å². The quantitative estimate of drug-likeness (QED) is 0.861. The van der Waals surface area contributed by atoms with Crippen LogP contribution in [0, 0.1) is 6.92 Å². The van der Waals surface area contributed by atoms with E-state index in [0.717, 1.165) is 17.1 Å². The number of hydrogen-bond donors (Lipinski definition) is 1. The van der Waals surface area contributed by atoms with Crippen molar-refractivity contribution in [2.75, 3.05) is 4.90 Å². The zero-order valence-electron chi connectivity index (χ0n) is 10.4. The van der Waals surface area contributed by atoms with Gasteiger partial charge in [0.25, 0.3) is 0 Å². The largest absolute Gasteiger partial charge is 0.478 e. The number of hydrogen-bond acceptors (Lipinski definition) is 2. The summed E-state index contributed by atoms with van der Waals surface area (Å²) in [5, 5.41) is 9.09. The summed E-state index contributed by atoms with van der Waals surface area (Å²) in [6, 6.07) is 5.19. The molecule has 1 rings (SSSR count). The first-order valence-corrected chi connectivity index (χ1v) is 5.30. The minimum absolute atomic E-state index is 0.301. The molecule has 0 amide bonds. The molecule has 0 atom stereocenters. The molecule has 17 heavy (non-hydrogen) atoms. The number of allylic oxidation sites excluding steroid dienone is 2. The van der Waals surface area contributed by atoms with Gasteiger partial charge in [-0.1, -0.05) is 19.2 Å². The van der Waals surface area contributed by atoms with Gasteiger partial charge in [-0.15, -0.1) is 0 Å². The fourth-order valence-corrected chi connectivity index (χ4v) is 1.83. The van der Waals surface area contributed by atoms with Crippen LogP contribution in [-0.4, -0.2) is 11.1 Å². The van der Waals surface area contributed by atoms with Gasteiger partial charge in [-0.05, 0) is 38.5 Å². The Labute approximate surface area is 102 Å². The van der Waals surface area contributed by atoms with Crippen molar-refractivity contribution in [2.24, 2.45) is 0 Å². The van der Waals surface area contributed by atoms with Gasteiger partial charge in [0.05, 0.1) is 5.56 Å². The van der Waals surface area contributed by atoms with Gasteiger partial charge in [0.1, 0.15) is 0 Å². The van der Waals surface area contributed by atoms with Gasteiger partial charge in [0, 0.05) is 17.1 Å². The van der Waals surface area contributed by atoms with Gasteiger partial charge in [-0.3, -0.25) is 0 Å². The van der Waals surface area contributed by atoms with E-state index in [0.29, 0.717) is 11.1 Å². The van der Waals surface area contributed by atoms with Gasteiger partial charge >= 0.3 is 5.97 Å². The Morgan fingerprint density at radius 2 is 1.76 bits per heavy atom. The number of carbonyl (C=O) groups is 1. The monoisotopic (exact) mass is 231 g/mol. The number of anilines is 1. The van der Waals surface area contributed by atoms with Crippen molar-refractivity contribution < 1.29 is 9.90 Å². The SMILES string of the molecule is C=C(C)N(C(=C)C)c1cccc(C(=O)O)c1C. The summed E-state index contributed by atoms with van der Waals surface area (Å²) in [7, 11) is 0. The highest BCUT2D eigenvalue weighted by Gasteiger charge is 2.15. The molecule has 1 aromatic carbocycles. The van der Waals surface area contributed by atoms with Crippen molar-refractivity contribution in [1.29, 1.82) is 0 Å². The van der Waals surface area contributed by atoms with Gasteiger partial charge in [0.15, 0.2) is 0 Å². The van der Waals surface area contributed by atoms with Crippen LogP contribution in [0.25, 0.3) is 0 Å². The molecule has 0 heterocycles. The van der Waals surface area contributed by atoms with Gasteiger partial charge in [-0.25, -0.2) is 4.79 Å². The Kier molecular flexibility index (Phi) is 3.73. The second kappa shape index (κ2) is 4.87. The zero-order valence-corrected chi connectivity index (χ0v) is 10.4. The molecule has 0 fully saturated rings.